The van der Waals surface area contributed by atoms with Crippen molar-refractivity contribution in [3.63, 3.8) is 0 Å². The summed E-state index contributed by atoms with van der Waals surface area (Å²) in [4.78, 5) is 9.02. The molecule has 0 aliphatic rings. The van der Waals surface area contributed by atoms with Crippen LogP contribution in [0, 0.1) is 6.92 Å². The first kappa shape index (κ1) is 13.6. The zero-order valence-corrected chi connectivity index (χ0v) is 12.4. The van der Waals surface area contributed by atoms with Crippen LogP contribution in [0.1, 0.15) is 19.0 Å². The Morgan fingerprint density at radius 2 is 1.95 bits per heavy atom. The van der Waals surface area contributed by atoms with Gasteiger partial charge in [0.05, 0.1) is 11.2 Å². The van der Waals surface area contributed by atoms with Gasteiger partial charge in [-0.1, -0.05) is 19.1 Å². The molecule has 0 saturated carbocycles. The molecule has 0 bridgehead atoms. The highest BCUT2D eigenvalue weighted by Crippen LogP contribution is 2.24. The molecule has 106 valence electrons. The highest BCUT2D eigenvalue weighted by Gasteiger charge is 2.03. The average Bonchev–Trinajstić information content (AvgIpc) is 2.52. The third-order valence-electron chi connectivity index (χ3n) is 3.46. The summed E-state index contributed by atoms with van der Waals surface area (Å²) >= 11 is 0. The number of benzene rings is 1. The molecule has 3 aromatic rings. The molecular weight excluding hydrogens is 258 g/mol. The van der Waals surface area contributed by atoms with E-state index in [1.165, 1.54) is 0 Å². The molecule has 21 heavy (non-hydrogen) atoms. The third-order valence-corrected chi connectivity index (χ3v) is 3.46. The van der Waals surface area contributed by atoms with Crippen molar-refractivity contribution in [2.45, 2.75) is 20.3 Å². The van der Waals surface area contributed by atoms with Crippen LogP contribution < -0.4 is 5.32 Å². The number of hydrogen-bond donors (Lipinski definition) is 1. The molecule has 0 aliphatic heterocycles. The average molecular weight is 277 g/mol. The molecule has 0 aliphatic carbocycles. The second kappa shape index (κ2) is 5.92. The minimum atomic E-state index is 0.977. The lowest BCUT2D eigenvalue weighted by Crippen LogP contribution is -1.99. The Labute approximate surface area is 125 Å². The summed E-state index contributed by atoms with van der Waals surface area (Å²) in [6.45, 7) is 5.15. The fourth-order valence-corrected chi connectivity index (χ4v) is 2.35. The minimum Gasteiger partial charge on any atom is -0.385 e. The van der Waals surface area contributed by atoms with E-state index in [2.05, 4.69) is 52.5 Å². The van der Waals surface area contributed by atoms with Gasteiger partial charge in [-0.3, -0.25) is 9.97 Å². The second-order valence-corrected chi connectivity index (χ2v) is 5.22. The lowest BCUT2D eigenvalue weighted by molar-refractivity contribution is 0.979. The van der Waals surface area contributed by atoms with Crippen molar-refractivity contribution in [3.8, 4) is 11.3 Å². The van der Waals surface area contributed by atoms with E-state index in [9.17, 15) is 0 Å². The third kappa shape index (κ3) is 3.02. The molecule has 0 saturated heterocycles. The highest BCUT2D eigenvalue weighted by molar-refractivity contribution is 5.84. The van der Waals surface area contributed by atoms with Crippen molar-refractivity contribution in [2.24, 2.45) is 0 Å². The molecule has 3 rings (SSSR count). The van der Waals surface area contributed by atoms with Crippen LogP contribution in [0.25, 0.3) is 22.2 Å². The Bertz CT molecular complexity index is 765. The number of aromatic nitrogens is 2. The van der Waals surface area contributed by atoms with Crippen LogP contribution in [0.15, 0.2) is 48.7 Å². The van der Waals surface area contributed by atoms with E-state index in [0.717, 1.165) is 46.5 Å². The molecule has 0 amide bonds. The summed E-state index contributed by atoms with van der Waals surface area (Å²) in [7, 11) is 0. The van der Waals surface area contributed by atoms with Crippen molar-refractivity contribution in [1.82, 2.24) is 9.97 Å². The first-order valence-corrected chi connectivity index (χ1v) is 7.34. The molecule has 2 aromatic heterocycles. The maximum Gasteiger partial charge on any atom is 0.0722 e. The zero-order chi connectivity index (χ0) is 14.7. The summed E-state index contributed by atoms with van der Waals surface area (Å²) in [6, 6.07) is 14.5. The van der Waals surface area contributed by atoms with Gasteiger partial charge in [0.1, 0.15) is 0 Å². The van der Waals surface area contributed by atoms with Crippen molar-refractivity contribution in [3.05, 3.63) is 54.4 Å². The van der Waals surface area contributed by atoms with Crippen molar-refractivity contribution in [2.75, 3.05) is 11.9 Å². The summed E-state index contributed by atoms with van der Waals surface area (Å²) < 4.78 is 0. The Hall–Kier alpha value is -2.42. The summed E-state index contributed by atoms with van der Waals surface area (Å²) in [5.74, 6) is 0. The maximum atomic E-state index is 4.54. The standard InChI is InChI=1S/C18H19N3/c1-3-9-19-16-8-10-20-18(12-16)15-6-7-17-14(11-15)5-4-13(2)21-17/h4-8,10-12H,3,9H2,1-2H3,(H,19,20). The Balaban J connectivity index is 1.98. The fourth-order valence-electron chi connectivity index (χ4n) is 2.35. The number of nitrogens with zero attached hydrogens (tertiary/aromatic N) is 2. The van der Waals surface area contributed by atoms with E-state index < -0.39 is 0 Å². The van der Waals surface area contributed by atoms with Gasteiger partial charge < -0.3 is 5.32 Å². The van der Waals surface area contributed by atoms with Gasteiger partial charge in [0.25, 0.3) is 0 Å². The first-order valence-electron chi connectivity index (χ1n) is 7.34. The largest absolute Gasteiger partial charge is 0.385 e. The van der Waals surface area contributed by atoms with Gasteiger partial charge in [0, 0.05) is 35.1 Å². The van der Waals surface area contributed by atoms with Crippen molar-refractivity contribution < 1.29 is 0 Å². The van der Waals surface area contributed by atoms with E-state index in [4.69, 9.17) is 0 Å². The zero-order valence-electron chi connectivity index (χ0n) is 12.4. The van der Waals surface area contributed by atoms with Crippen LogP contribution in [-0.4, -0.2) is 16.5 Å². The smallest absolute Gasteiger partial charge is 0.0722 e. The van der Waals surface area contributed by atoms with E-state index in [1.54, 1.807) is 0 Å². The number of rotatable bonds is 4. The molecule has 1 N–H and O–H groups in total. The van der Waals surface area contributed by atoms with Gasteiger partial charge in [-0.15, -0.1) is 0 Å². The van der Waals surface area contributed by atoms with Crippen LogP contribution in [0.5, 0.6) is 0 Å². The molecule has 0 radical (unpaired) electrons. The molecule has 2 heterocycles. The predicted molar refractivity (Wildman–Crippen MR) is 88.5 cm³/mol. The van der Waals surface area contributed by atoms with E-state index >= 15 is 0 Å². The second-order valence-electron chi connectivity index (χ2n) is 5.22. The normalized spacial score (nSPS) is 10.8. The van der Waals surface area contributed by atoms with Crippen molar-refractivity contribution >= 4 is 16.6 Å². The van der Waals surface area contributed by atoms with Gasteiger partial charge >= 0.3 is 0 Å². The Kier molecular flexibility index (Phi) is 3.82. The fraction of sp³-hybridized carbons (Fsp3) is 0.222. The summed E-state index contributed by atoms with van der Waals surface area (Å²) in [5, 5.41) is 4.54. The number of aryl methyl sites for hydroxylation is 1. The molecule has 0 fully saturated rings. The molecule has 3 nitrogen and oxygen atoms in total. The number of fused-ring (bicyclic) bond motifs is 1. The molecule has 3 heteroatoms. The van der Waals surface area contributed by atoms with Gasteiger partial charge in [-0.2, -0.15) is 0 Å². The molecule has 0 atom stereocenters. The van der Waals surface area contributed by atoms with Gasteiger partial charge in [0.15, 0.2) is 0 Å². The monoisotopic (exact) mass is 277 g/mol. The number of anilines is 1. The summed E-state index contributed by atoms with van der Waals surface area (Å²) in [6.07, 6.45) is 2.96. The van der Waals surface area contributed by atoms with Gasteiger partial charge in [0.2, 0.25) is 0 Å². The molecular formula is C18H19N3. The lowest BCUT2D eigenvalue weighted by Gasteiger charge is -2.08. The van der Waals surface area contributed by atoms with Gasteiger partial charge in [-0.05, 0) is 43.7 Å². The Morgan fingerprint density at radius 3 is 2.81 bits per heavy atom. The van der Waals surface area contributed by atoms with E-state index in [0.29, 0.717) is 0 Å². The number of pyridine rings is 2. The van der Waals surface area contributed by atoms with E-state index in [-0.39, 0.29) is 0 Å². The molecule has 1 aromatic carbocycles. The Morgan fingerprint density at radius 1 is 1.05 bits per heavy atom. The maximum absolute atomic E-state index is 4.54. The highest BCUT2D eigenvalue weighted by atomic mass is 14.9. The quantitative estimate of drug-likeness (QED) is 0.766. The summed E-state index contributed by atoms with van der Waals surface area (Å²) in [5.41, 5.74) is 5.29. The number of nitrogens with one attached hydrogen (secondary N) is 1. The lowest BCUT2D eigenvalue weighted by atomic mass is 10.1. The predicted octanol–water partition coefficient (Wildman–Crippen LogP) is 4.43. The first-order chi connectivity index (χ1) is 10.3. The molecule has 0 unspecified atom stereocenters. The minimum absolute atomic E-state index is 0.977. The van der Waals surface area contributed by atoms with Gasteiger partial charge in [-0.25, -0.2) is 0 Å². The van der Waals surface area contributed by atoms with Crippen LogP contribution in [-0.2, 0) is 0 Å². The van der Waals surface area contributed by atoms with Crippen LogP contribution in [0.4, 0.5) is 5.69 Å². The van der Waals surface area contributed by atoms with Crippen LogP contribution >= 0.6 is 0 Å². The topological polar surface area (TPSA) is 37.8 Å². The van der Waals surface area contributed by atoms with Crippen LogP contribution in [0.3, 0.4) is 0 Å². The van der Waals surface area contributed by atoms with Crippen molar-refractivity contribution in [1.29, 1.82) is 0 Å². The number of hydrogen-bond acceptors (Lipinski definition) is 3. The van der Waals surface area contributed by atoms with Crippen LogP contribution in [0.2, 0.25) is 0 Å². The van der Waals surface area contributed by atoms with E-state index in [1.807, 2.05) is 25.3 Å². The molecule has 0 spiro atoms. The SMILES string of the molecule is CCCNc1ccnc(-c2ccc3nc(C)ccc3c2)c1.